The summed E-state index contributed by atoms with van der Waals surface area (Å²) in [6.45, 7) is 4.71. The van der Waals surface area contributed by atoms with E-state index in [2.05, 4.69) is 4.90 Å². The predicted octanol–water partition coefficient (Wildman–Crippen LogP) is -0.0655. The average molecular weight is 266 g/mol. The first-order valence-electron chi connectivity index (χ1n) is 5.78. The van der Waals surface area contributed by atoms with Crippen LogP contribution >= 0.6 is 12.4 Å². The number of halogens is 1. The number of likely N-dealkylation sites (N-methyl/N-ethyl adjacent to an activating group) is 1. The number of nitrogens with two attached hydrogens (primary N) is 1. The molecule has 0 radical (unpaired) electrons. The lowest BCUT2D eigenvalue weighted by Crippen LogP contribution is -2.49. The summed E-state index contributed by atoms with van der Waals surface area (Å²) in [7, 11) is 4.01. The molecule has 0 aliphatic carbocycles. The number of morpholine rings is 1. The molecule has 0 aromatic heterocycles. The second-order valence-corrected chi connectivity index (χ2v) is 4.78. The summed E-state index contributed by atoms with van der Waals surface area (Å²) < 4.78 is 5.61. The van der Waals surface area contributed by atoms with E-state index in [0.29, 0.717) is 26.1 Å². The van der Waals surface area contributed by atoms with E-state index >= 15 is 0 Å². The first-order valence-corrected chi connectivity index (χ1v) is 5.78. The number of rotatable bonds is 4. The summed E-state index contributed by atoms with van der Waals surface area (Å²) in [4.78, 5) is 15.8. The molecule has 1 aliphatic heterocycles. The highest BCUT2D eigenvalue weighted by atomic mass is 35.5. The van der Waals surface area contributed by atoms with Crippen LogP contribution in [0.2, 0.25) is 0 Å². The molecule has 2 N–H and O–H groups in total. The third-order valence-electron chi connectivity index (χ3n) is 2.56. The molecule has 0 spiro atoms. The molecule has 102 valence electrons. The van der Waals surface area contributed by atoms with Gasteiger partial charge in [0.1, 0.15) is 0 Å². The third kappa shape index (κ3) is 6.21. The fourth-order valence-corrected chi connectivity index (χ4v) is 1.87. The quantitative estimate of drug-likeness (QED) is 0.774. The van der Waals surface area contributed by atoms with Gasteiger partial charge in [0.05, 0.1) is 12.7 Å². The van der Waals surface area contributed by atoms with Gasteiger partial charge in [0.25, 0.3) is 0 Å². The van der Waals surface area contributed by atoms with Gasteiger partial charge in [-0.2, -0.15) is 0 Å². The van der Waals surface area contributed by atoms with Crippen LogP contribution in [0.5, 0.6) is 0 Å². The molecule has 1 fully saturated rings. The number of amides is 1. The highest BCUT2D eigenvalue weighted by Gasteiger charge is 2.24. The largest absolute Gasteiger partial charge is 0.373 e. The molecule has 0 aromatic rings. The maximum absolute atomic E-state index is 11.8. The van der Waals surface area contributed by atoms with Gasteiger partial charge in [0.15, 0.2) is 0 Å². The molecule has 1 rings (SSSR count). The summed E-state index contributed by atoms with van der Waals surface area (Å²) in [5.74, 6) is 0.141. The highest BCUT2D eigenvalue weighted by molar-refractivity contribution is 5.85. The van der Waals surface area contributed by atoms with Crippen molar-refractivity contribution < 1.29 is 9.53 Å². The van der Waals surface area contributed by atoms with Crippen molar-refractivity contribution in [1.82, 2.24) is 9.80 Å². The zero-order chi connectivity index (χ0) is 12.1. The first kappa shape index (κ1) is 16.6. The van der Waals surface area contributed by atoms with Crippen molar-refractivity contribution in [3.8, 4) is 0 Å². The molecule has 0 saturated carbocycles. The molecular weight excluding hydrogens is 242 g/mol. The number of carbonyl (C=O) groups is 1. The van der Waals surface area contributed by atoms with Gasteiger partial charge < -0.3 is 20.3 Å². The molecule has 1 amide bonds. The molecule has 6 heteroatoms. The third-order valence-corrected chi connectivity index (χ3v) is 2.56. The molecular formula is C11H24ClN3O2. The van der Waals surface area contributed by atoms with Crippen LogP contribution in [0.4, 0.5) is 0 Å². The van der Waals surface area contributed by atoms with Crippen molar-refractivity contribution in [1.29, 1.82) is 0 Å². The van der Waals surface area contributed by atoms with Crippen molar-refractivity contribution >= 4 is 18.3 Å². The van der Waals surface area contributed by atoms with Gasteiger partial charge in [0, 0.05) is 32.1 Å². The molecule has 0 aromatic carbocycles. The predicted molar refractivity (Wildman–Crippen MR) is 70.4 cm³/mol. The molecule has 2 atom stereocenters. The zero-order valence-corrected chi connectivity index (χ0v) is 11.7. The lowest BCUT2D eigenvalue weighted by molar-refractivity contribution is -0.139. The number of hydrogen-bond donors (Lipinski definition) is 1. The van der Waals surface area contributed by atoms with Crippen molar-refractivity contribution in [2.45, 2.75) is 25.5 Å². The molecule has 1 aliphatic rings. The van der Waals surface area contributed by atoms with Gasteiger partial charge in [-0.3, -0.25) is 4.79 Å². The standard InChI is InChI=1S/C11H23N3O2.ClH/c1-9(12)6-11(15)14-4-5-16-10(8-14)7-13(2)3;/h9-10H,4-8,12H2,1-3H3;1H. The Balaban J connectivity index is 0.00000256. The van der Waals surface area contributed by atoms with Crippen LogP contribution in [0.3, 0.4) is 0 Å². The summed E-state index contributed by atoms with van der Waals surface area (Å²) in [5.41, 5.74) is 5.63. The summed E-state index contributed by atoms with van der Waals surface area (Å²) in [6, 6.07) is -0.0670. The Morgan fingerprint density at radius 2 is 2.24 bits per heavy atom. The second-order valence-electron chi connectivity index (χ2n) is 4.78. The van der Waals surface area contributed by atoms with E-state index in [9.17, 15) is 4.79 Å². The lowest BCUT2D eigenvalue weighted by Gasteiger charge is -2.34. The average Bonchev–Trinajstić information content (AvgIpc) is 2.16. The van der Waals surface area contributed by atoms with Gasteiger partial charge in [-0.05, 0) is 21.0 Å². The number of hydrogen-bond acceptors (Lipinski definition) is 4. The number of nitrogens with zero attached hydrogens (tertiary/aromatic N) is 2. The van der Waals surface area contributed by atoms with E-state index < -0.39 is 0 Å². The normalized spacial score (nSPS) is 22.2. The maximum Gasteiger partial charge on any atom is 0.224 e. The molecule has 1 saturated heterocycles. The SMILES string of the molecule is CC(N)CC(=O)N1CCOC(CN(C)C)C1.Cl. The van der Waals surface area contributed by atoms with Crippen LogP contribution < -0.4 is 5.73 Å². The smallest absolute Gasteiger partial charge is 0.224 e. The van der Waals surface area contributed by atoms with Crippen LogP contribution in [0.1, 0.15) is 13.3 Å². The summed E-state index contributed by atoms with van der Waals surface area (Å²) in [5, 5.41) is 0. The van der Waals surface area contributed by atoms with Crippen LogP contribution in [0, 0.1) is 0 Å². The van der Waals surface area contributed by atoms with Crippen LogP contribution in [-0.2, 0) is 9.53 Å². The Labute approximate surface area is 110 Å². The van der Waals surface area contributed by atoms with Crippen LogP contribution in [0.15, 0.2) is 0 Å². The van der Waals surface area contributed by atoms with Crippen LogP contribution in [-0.4, -0.2) is 68.2 Å². The Hall–Kier alpha value is -0.360. The van der Waals surface area contributed by atoms with E-state index in [4.69, 9.17) is 10.5 Å². The van der Waals surface area contributed by atoms with Gasteiger partial charge in [-0.1, -0.05) is 0 Å². The first-order chi connectivity index (χ1) is 7.49. The molecule has 17 heavy (non-hydrogen) atoms. The van der Waals surface area contributed by atoms with Gasteiger partial charge in [-0.15, -0.1) is 12.4 Å². The minimum absolute atomic E-state index is 0. The second kappa shape index (κ2) is 7.87. The summed E-state index contributed by atoms with van der Waals surface area (Å²) >= 11 is 0. The van der Waals surface area contributed by atoms with Crippen molar-refractivity contribution in [3.63, 3.8) is 0 Å². The Morgan fingerprint density at radius 1 is 1.59 bits per heavy atom. The molecule has 1 heterocycles. The minimum atomic E-state index is -0.0670. The Kier molecular flexibility index (Phi) is 7.70. The zero-order valence-electron chi connectivity index (χ0n) is 10.9. The minimum Gasteiger partial charge on any atom is -0.373 e. The molecule has 2 unspecified atom stereocenters. The lowest BCUT2D eigenvalue weighted by atomic mass is 10.2. The van der Waals surface area contributed by atoms with Gasteiger partial charge >= 0.3 is 0 Å². The van der Waals surface area contributed by atoms with E-state index in [-0.39, 0.29) is 30.5 Å². The maximum atomic E-state index is 11.8. The Bertz CT molecular complexity index is 237. The Morgan fingerprint density at radius 3 is 2.76 bits per heavy atom. The number of carbonyl (C=O) groups excluding carboxylic acids is 1. The fourth-order valence-electron chi connectivity index (χ4n) is 1.87. The molecule has 5 nitrogen and oxygen atoms in total. The topological polar surface area (TPSA) is 58.8 Å². The fraction of sp³-hybridized carbons (Fsp3) is 0.909. The van der Waals surface area contributed by atoms with E-state index in [0.717, 1.165) is 6.54 Å². The van der Waals surface area contributed by atoms with Crippen molar-refractivity contribution in [3.05, 3.63) is 0 Å². The van der Waals surface area contributed by atoms with Crippen molar-refractivity contribution in [2.24, 2.45) is 5.73 Å². The highest BCUT2D eigenvalue weighted by Crippen LogP contribution is 2.08. The van der Waals surface area contributed by atoms with E-state index in [1.807, 2.05) is 25.9 Å². The van der Waals surface area contributed by atoms with Gasteiger partial charge in [-0.25, -0.2) is 0 Å². The van der Waals surface area contributed by atoms with E-state index in [1.54, 1.807) is 0 Å². The van der Waals surface area contributed by atoms with Gasteiger partial charge in [0.2, 0.25) is 5.91 Å². The molecule has 0 bridgehead atoms. The van der Waals surface area contributed by atoms with E-state index in [1.165, 1.54) is 0 Å². The monoisotopic (exact) mass is 265 g/mol. The van der Waals surface area contributed by atoms with Crippen LogP contribution in [0.25, 0.3) is 0 Å². The van der Waals surface area contributed by atoms with Crippen molar-refractivity contribution in [2.75, 3.05) is 40.3 Å². The number of ether oxygens (including phenoxy) is 1. The summed E-state index contributed by atoms with van der Waals surface area (Å²) in [6.07, 6.45) is 0.551.